The summed E-state index contributed by atoms with van der Waals surface area (Å²) in [6.45, 7) is 3.42. The molecule has 1 N–H and O–H groups in total. The van der Waals surface area contributed by atoms with Gasteiger partial charge in [0.1, 0.15) is 0 Å². The van der Waals surface area contributed by atoms with Gasteiger partial charge in [-0.3, -0.25) is 0 Å². The van der Waals surface area contributed by atoms with E-state index in [0.29, 0.717) is 6.04 Å². The Labute approximate surface area is 63.5 Å². The highest BCUT2D eigenvalue weighted by molar-refractivity contribution is 4.95. The predicted molar refractivity (Wildman–Crippen MR) is 45.1 cm³/mol. The fraction of sp³-hybridized carbons (Fsp3) is 0.778. The molecule has 0 aliphatic carbocycles. The van der Waals surface area contributed by atoms with E-state index in [0.717, 1.165) is 0 Å². The van der Waals surface area contributed by atoms with Crippen molar-refractivity contribution in [3.63, 3.8) is 0 Å². The Morgan fingerprint density at radius 3 is 3.10 bits per heavy atom. The Morgan fingerprint density at radius 2 is 2.50 bits per heavy atom. The molecule has 1 nitrogen and oxygen atoms in total. The minimum Gasteiger partial charge on any atom is -0.311 e. The van der Waals surface area contributed by atoms with Crippen molar-refractivity contribution in [3.05, 3.63) is 12.2 Å². The zero-order valence-corrected chi connectivity index (χ0v) is 6.77. The number of nitrogens with one attached hydrogen (secondary N) is 1. The van der Waals surface area contributed by atoms with Crippen molar-refractivity contribution in [2.24, 2.45) is 0 Å². The summed E-state index contributed by atoms with van der Waals surface area (Å²) < 4.78 is 0. The SMILES string of the molecule is CCC/C=C/C1CCCN1. The van der Waals surface area contributed by atoms with Crippen LogP contribution in [0.1, 0.15) is 32.6 Å². The van der Waals surface area contributed by atoms with Gasteiger partial charge >= 0.3 is 0 Å². The number of hydrogen-bond acceptors (Lipinski definition) is 1. The lowest BCUT2D eigenvalue weighted by molar-refractivity contribution is 0.723. The summed E-state index contributed by atoms with van der Waals surface area (Å²) in [5, 5.41) is 3.43. The van der Waals surface area contributed by atoms with Gasteiger partial charge in [0.05, 0.1) is 0 Å². The first-order valence-electron chi connectivity index (χ1n) is 4.33. The van der Waals surface area contributed by atoms with Gasteiger partial charge in [-0.2, -0.15) is 0 Å². The standard InChI is InChI=1S/C9H17N/c1-2-3-4-6-9-7-5-8-10-9/h4,6,9-10H,2-3,5,7-8H2,1H3/b6-4+. The Kier molecular flexibility index (Phi) is 3.52. The molecule has 1 rings (SSSR count). The molecule has 1 fully saturated rings. The second-order valence-electron chi connectivity index (χ2n) is 2.92. The maximum Gasteiger partial charge on any atom is 0.0250 e. The van der Waals surface area contributed by atoms with Gasteiger partial charge in [-0.1, -0.05) is 25.5 Å². The van der Waals surface area contributed by atoms with Crippen molar-refractivity contribution < 1.29 is 0 Å². The molecule has 1 aliphatic rings. The van der Waals surface area contributed by atoms with Crippen LogP contribution in [0.5, 0.6) is 0 Å². The third kappa shape index (κ3) is 2.53. The molecule has 0 amide bonds. The van der Waals surface area contributed by atoms with Crippen molar-refractivity contribution in [1.29, 1.82) is 0 Å². The van der Waals surface area contributed by atoms with Crippen molar-refractivity contribution in [2.45, 2.75) is 38.6 Å². The Balaban J connectivity index is 2.10. The maximum atomic E-state index is 3.43. The molecule has 1 heterocycles. The first-order valence-corrected chi connectivity index (χ1v) is 4.33. The lowest BCUT2D eigenvalue weighted by atomic mass is 10.2. The van der Waals surface area contributed by atoms with Gasteiger partial charge in [-0.25, -0.2) is 0 Å². The number of hydrogen-bond donors (Lipinski definition) is 1. The third-order valence-corrected chi connectivity index (χ3v) is 1.92. The summed E-state index contributed by atoms with van der Waals surface area (Å²) >= 11 is 0. The highest BCUT2D eigenvalue weighted by Gasteiger charge is 2.08. The monoisotopic (exact) mass is 139 g/mol. The fourth-order valence-corrected chi connectivity index (χ4v) is 1.30. The van der Waals surface area contributed by atoms with E-state index in [1.165, 1.54) is 32.2 Å². The van der Waals surface area contributed by atoms with Crippen LogP contribution < -0.4 is 5.32 Å². The van der Waals surface area contributed by atoms with Crippen LogP contribution in [0.3, 0.4) is 0 Å². The molecule has 1 aliphatic heterocycles. The van der Waals surface area contributed by atoms with Crippen LogP contribution in [0.4, 0.5) is 0 Å². The summed E-state index contributed by atoms with van der Waals surface area (Å²) in [4.78, 5) is 0. The number of unbranched alkanes of at least 4 members (excludes halogenated alkanes) is 1. The van der Waals surface area contributed by atoms with Gasteiger partial charge in [-0.15, -0.1) is 0 Å². The highest BCUT2D eigenvalue weighted by Crippen LogP contribution is 2.06. The second kappa shape index (κ2) is 4.51. The average molecular weight is 139 g/mol. The normalized spacial score (nSPS) is 26.3. The van der Waals surface area contributed by atoms with Crippen LogP contribution in [0, 0.1) is 0 Å². The van der Waals surface area contributed by atoms with Gasteiger partial charge in [0.25, 0.3) is 0 Å². The van der Waals surface area contributed by atoms with Crippen molar-refractivity contribution in [3.8, 4) is 0 Å². The average Bonchev–Trinajstić information content (AvgIpc) is 2.41. The molecule has 1 unspecified atom stereocenters. The van der Waals surface area contributed by atoms with Crippen molar-refractivity contribution in [2.75, 3.05) is 6.54 Å². The molecule has 1 saturated heterocycles. The van der Waals surface area contributed by atoms with Gasteiger partial charge < -0.3 is 5.32 Å². The van der Waals surface area contributed by atoms with Crippen molar-refractivity contribution >= 4 is 0 Å². The molecule has 0 radical (unpaired) electrons. The molecular formula is C9H17N. The quantitative estimate of drug-likeness (QED) is 0.590. The maximum absolute atomic E-state index is 3.43. The molecule has 0 aromatic heterocycles. The van der Waals surface area contributed by atoms with Gasteiger partial charge in [0.15, 0.2) is 0 Å². The molecule has 58 valence electrons. The lowest BCUT2D eigenvalue weighted by Crippen LogP contribution is -2.17. The lowest BCUT2D eigenvalue weighted by Gasteiger charge is -2.00. The zero-order chi connectivity index (χ0) is 7.23. The van der Waals surface area contributed by atoms with E-state index in [2.05, 4.69) is 24.4 Å². The minimum atomic E-state index is 0.687. The van der Waals surface area contributed by atoms with Gasteiger partial charge in [0.2, 0.25) is 0 Å². The molecule has 1 atom stereocenters. The predicted octanol–water partition coefficient (Wildman–Crippen LogP) is 2.09. The van der Waals surface area contributed by atoms with E-state index >= 15 is 0 Å². The molecule has 0 bridgehead atoms. The van der Waals surface area contributed by atoms with Crippen LogP contribution in [0.25, 0.3) is 0 Å². The van der Waals surface area contributed by atoms with E-state index in [1.807, 2.05) is 0 Å². The summed E-state index contributed by atoms with van der Waals surface area (Å²) in [5.74, 6) is 0. The molecule has 0 saturated carbocycles. The number of allylic oxidation sites excluding steroid dienone is 1. The summed E-state index contributed by atoms with van der Waals surface area (Å²) in [6, 6.07) is 0.687. The molecular weight excluding hydrogens is 122 g/mol. The fourth-order valence-electron chi connectivity index (χ4n) is 1.30. The molecule has 1 heteroatoms. The highest BCUT2D eigenvalue weighted by atomic mass is 14.9. The zero-order valence-electron chi connectivity index (χ0n) is 6.77. The van der Waals surface area contributed by atoms with Gasteiger partial charge in [-0.05, 0) is 25.8 Å². The van der Waals surface area contributed by atoms with Crippen LogP contribution in [-0.4, -0.2) is 12.6 Å². The third-order valence-electron chi connectivity index (χ3n) is 1.92. The first-order chi connectivity index (χ1) is 4.93. The van der Waals surface area contributed by atoms with E-state index in [1.54, 1.807) is 0 Å². The largest absolute Gasteiger partial charge is 0.311 e. The number of rotatable bonds is 3. The summed E-state index contributed by atoms with van der Waals surface area (Å²) in [5.41, 5.74) is 0. The van der Waals surface area contributed by atoms with Crippen LogP contribution >= 0.6 is 0 Å². The Hall–Kier alpha value is -0.300. The minimum absolute atomic E-state index is 0.687. The van der Waals surface area contributed by atoms with Crippen LogP contribution in [0.15, 0.2) is 12.2 Å². The molecule has 0 aromatic rings. The smallest absolute Gasteiger partial charge is 0.0250 e. The Bertz CT molecular complexity index is 101. The second-order valence-corrected chi connectivity index (χ2v) is 2.92. The van der Waals surface area contributed by atoms with Crippen LogP contribution in [-0.2, 0) is 0 Å². The van der Waals surface area contributed by atoms with Crippen LogP contribution in [0.2, 0.25) is 0 Å². The first kappa shape index (κ1) is 7.80. The van der Waals surface area contributed by atoms with Gasteiger partial charge in [0, 0.05) is 6.04 Å². The topological polar surface area (TPSA) is 12.0 Å². The van der Waals surface area contributed by atoms with E-state index in [9.17, 15) is 0 Å². The summed E-state index contributed by atoms with van der Waals surface area (Å²) in [6.07, 6.45) is 9.79. The Morgan fingerprint density at radius 1 is 1.60 bits per heavy atom. The van der Waals surface area contributed by atoms with E-state index < -0.39 is 0 Å². The van der Waals surface area contributed by atoms with Crippen molar-refractivity contribution in [1.82, 2.24) is 5.32 Å². The van der Waals surface area contributed by atoms with E-state index in [4.69, 9.17) is 0 Å². The molecule has 10 heavy (non-hydrogen) atoms. The summed E-state index contributed by atoms with van der Waals surface area (Å²) in [7, 11) is 0. The molecule has 0 spiro atoms. The molecule has 0 aromatic carbocycles. The van der Waals surface area contributed by atoms with E-state index in [-0.39, 0.29) is 0 Å².